The molecule has 0 aliphatic rings. The minimum absolute atomic E-state index is 0.594. The first-order chi connectivity index (χ1) is 5.84. The van der Waals surface area contributed by atoms with E-state index in [0.717, 1.165) is 6.42 Å². The van der Waals surface area contributed by atoms with E-state index >= 15 is 0 Å². The SMILES string of the molecule is C=CCCCC(C)[n+]1cc[nH]c1. The molecule has 0 aromatic carbocycles. The van der Waals surface area contributed by atoms with Gasteiger partial charge in [-0.05, 0) is 26.2 Å². The number of H-pyrrole nitrogens is 1. The maximum absolute atomic E-state index is 3.71. The van der Waals surface area contributed by atoms with Gasteiger partial charge in [-0.25, -0.2) is 4.57 Å². The van der Waals surface area contributed by atoms with Crippen LogP contribution in [-0.4, -0.2) is 4.98 Å². The zero-order chi connectivity index (χ0) is 8.81. The van der Waals surface area contributed by atoms with Crippen LogP contribution >= 0.6 is 0 Å². The van der Waals surface area contributed by atoms with Crippen LogP contribution in [0.4, 0.5) is 0 Å². The molecule has 1 heterocycles. The molecule has 2 heteroatoms. The number of allylic oxidation sites excluding steroid dienone is 1. The van der Waals surface area contributed by atoms with Crippen molar-refractivity contribution in [3.05, 3.63) is 31.4 Å². The first kappa shape index (κ1) is 9.04. The summed E-state index contributed by atoms with van der Waals surface area (Å²) >= 11 is 0. The summed E-state index contributed by atoms with van der Waals surface area (Å²) in [5.74, 6) is 0. The predicted octanol–water partition coefficient (Wildman–Crippen LogP) is 2.22. The van der Waals surface area contributed by atoms with Gasteiger partial charge in [-0.2, -0.15) is 0 Å². The number of rotatable bonds is 5. The Morgan fingerprint density at radius 1 is 1.67 bits per heavy atom. The molecule has 0 spiro atoms. The fourth-order valence-electron chi connectivity index (χ4n) is 1.28. The van der Waals surface area contributed by atoms with Crippen molar-refractivity contribution in [2.24, 2.45) is 0 Å². The van der Waals surface area contributed by atoms with Crippen molar-refractivity contribution < 1.29 is 4.57 Å². The summed E-state index contributed by atoms with van der Waals surface area (Å²) in [6.45, 7) is 5.94. The number of aromatic nitrogens is 2. The summed E-state index contributed by atoms with van der Waals surface area (Å²) in [6, 6.07) is 0.594. The molecule has 0 saturated carbocycles. The molecule has 1 aromatic heterocycles. The molecule has 0 radical (unpaired) electrons. The molecule has 1 rings (SSSR count). The maximum atomic E-state index is 3.71. The van der Waals surface area contributed by atoms with E-state index in [1.54, 1.807) is 0 Å². The zero-order valence-electron chi connectivity index (χ0n) is 7.66. The molecule has 12 heavy (non-hydrogen) atoms. The van der Waals surface area contributed by atoms with Crippen LogP contribution in [0.25, 0.3) is 0 Å². The number of aromatic amines is 1. The van der Waals surface area contributed by atoms with E-state index in [-0.39, 0.29) is 0 Å². The van der Waals surface area contributed by atoms with Gasteiger partial charge in [-0.1, -0.05) is 6.08 Å². The van der Waals surface area contributed by atoms with Crippen LogP contribution in [0.5, 0.6) is 0 Å². The van der Waals surface area contributed by atoms with Gasteiger partial charge in [-0.15, -0.1) is 6.58 Å². The summed E-state index contributed by atoms with van der Waals surface area (Å²) in [7, 11) is 0. The van der Waals surface area contributed by atoms with E-state index in [9.17, 15) is 0 Å². The van der Waals surface area contributed by atoms with Crippen LogP contribution in [0.1, 0.15) is 32.2 Å². The van der Waals surface area contributed by atoms with Crippen molar-refractivity contribution in [2.75, 3.05) is 0 Å². The third-order valence-corrected chi connectivity index (χ3v) is 2.11. The van der Waals surface area contributed by atoms with E-state index < -0.39 is 0 Å². The van der Waals surface area contributed by atoms with E-state index in [0.29, 0.717) is 6.04 Å². The van der Waals surface area contributed by atoms with E-state index in [2.05, 4.69) is 29.3 Å². The van der Waals surface area contributed by atoms with Crippen LogP contribution in [0, 0.1) is 0 Å². The lowest BCUT2D eigenvalue weighted by Crippen LogP contribution is -2.34. The molecule has 0 aliphatic carbocycles. The molecular formula is C10H17N2+. The molecule has 1 aromatic rings. The second-order valence-electron chi connectivity index (χ2n) is 3.13. The number of hydrogen-bond donors (Lipinski definition) is 1. The van der Waals surface area contributed by atoms with E-state index in [1.165, 1.54) is 12.8 Å². The van der Waals surface area contributed by atoms with Gasteiger partial charge in [0.1, 0.15) is 12.4 Å². The monoisotopic (exact) mass is 165 g/mol. The Balaban J connectivity index is 2.29. The standard InChI is InChI=1S/C10H16N2/c1-3-4-5-6-10(2)12-8-7-11-9-12/h3,7-10H,1,4-6H2,2H3/p+1. The van der Waals surface area contributed by atoms with Gasteiger partial charge in [0.15, 0.2) is 0 Å². The molecule has 2 nitrogen and oxygen atoms in total. The highest BCUT2D eigenvalue weighted by molar-refractivity contribution is 4.66. The van der Waals surface area contributed by atoms with E-state index in [1.807, 2.05) is 18.6 Å². The smallest absolute Gasteiger partial charge is 0.241 e. The van der Waals surface area contributed by atoms with Crippen molar-refractivity contribution in [2.45, 2.75) is 32.2 Å². The highest BCUT2D eigenvalue weighted by Crippen LogP contribution is 2.06. The predicted molar refractivity (Wildman–Crippen MR) is 49.7 cm³/mol. The topological polar surface area (TPSA) is 19.7 Å². The van der Waals surface area contributed by atoms with Crippen LogP contribution in [-0.2, 0) is 0 Å². The molecule has 0 aliphatic heterocycles. The van der Waals surface area contributed by atoms with Crippen molar-refractivity contribution in [1.82, 2.24) is 4.98 Å². The normalized spacial score (nSPS) is 12.8. The first-order valence-corrected chi connectivity index (χ1v) is 4.49. The van der Waals surface area contributed by atoms with Crippen molar-refractivity contribution in [3.8, 4) is 0 Å². The minimum Gasteiger partial charge on any atom is -0.250 e. The van der Waals surface area contributed by atoms with Gasteiger partial charge in [0.2, 0.25) is 6.33 Å². The second-order valence-corrected chi connectivity index (χ2v) is 3.13. The van der Waals surface area contributed by atoms with E-state index in [4.69, 9.17) is 0 Å². The summed E-state index contributed by atoms with van der Waals surface area (Å²) in [5.41, 5.74) is 0. The minimum atomic E-state index is 0.594. The first-order valence-electron chi connectivity index (χ1n) is 4.49. The Kier molecular flexibility index (Phi) is 3.58. The number of unbranched alkanes of at least 4 members (excludes halogenated alkanes) is 1. The highest BCUT2D eigenvalue weighted by atomic mass is 15.0. The van der Waals surface area contributed by atoms with Crippen molar-refractivity contribution in [3.63, 3.8) is 0 Å². The van der Waals surface area contributed by atoms with Gasteiger partial charge >= 0.3 is 0 Å². The molecule has 1 atom stereocenters. The van der Waals surface area contributed by atoms with Gasteiger partial charge in [0.25, 0.3) is 0 Å². The Bertz CT molecular complexity index is 214. The lowest BCUT2D eigenvalue weighted by Gasteiger charge is -2.05. The maximum Gasteiger partial charge on any atom is 0.241 e. The average Bonchev–Trinajstić information content (AvgIpc) is 2.56. The number of hydrogen-bond acceptors (Lipinski definition) is 0. The number of imidazole rings is 1. The summed E-state index contributed by atoms with van der Waals surface area (Å²) in [4.78, 5) is 3.04. The molecule has 66 valence electrons. The fraction of sp³-hybridized carbons (Fsp3) is 0.500. The Morgan fingerprint density at radius 2 is 2.50 bits per heavy atom. The second kappa shape index (κ2) is 4.75. The average molecular weight is 165 g/mol. The third-order valence-electron chi connectivity index (χ3n) is 2.11. The third kappa shape index (κ3) is 2.53. The van der Waals surface area contributed by atoms with Crippen LogP contribution in [0.2, 0.25) is 0 Å². The lowest BCUT2D eigenvalue weighted by atomic mass is 10.1. The molecule has 0 bridgehead atoms. The van der Waals surface area contributed by atoms with Gasteiger partial charge in [0.05, 0.1) is 6.04 Å². The fourth-order valence-corrected chi connectivity index (χ4v) is 1.28. The molecule has 0 fully saturated rings. The summed E-state index contributed by atoms with van der Waals surface area (Å²) in [6.07, 6.45) is 11.6. The zero-order valence-corrected chi connectivity index (χ0v) is 7.66. The molecule has 1 N–H and O–H groups in total. The van der Waals surface area contributed by atoms with Crippen LogP contribution in [0.3, 0.4) is 0 Å². The van der Waals surface area contributed by atoms with Crippen LogP contribution < -0.4 is 4.57 Å². The summed E-state index contributed by atoms with van der Waals surface area (Å²) < 4.78 is 2.20. The molecule has 0 saturated heterocycles. The van der Waals surface area contributed by atoms with Crippen LogP contribution in [0.15, 0.2) is 31.4 Å². The van der Waals surface area contributed by atoms with Gasteiger partial charge in [-0.3, -0.25) is 4.98 Å². The number of nitrogens with one attached hydrogen (secondary N) is 1. The van der Waals surface area contributed by atoms with Gasteiger partial charge in [0, 0.05) is 0 Å². The molecule has 1 unspecified atom stereocenters. The van der Waals surface area contributed by atoms with Gasteiger partial charge < -0.3 is 0 Å². The van der Waals surface area contributed by atoms with Crippen molar-refractivity contribution in [1.29, 1.82) is 0 Å². The Morgan fingerprint density at radius 3 is 3.08 bits per heavy atom. The van der Waals surface area contributed by atoms with Crippen molar-refractivity contribution >= 4 is 0 Å². The summed E-state index contributed by atoms with van der Waals surface area (Å²) in [5, 5.41) is 0. The highest BCUT2D eigenvalue weighted by Gasteiger charge is 2.07. The molecule has 0 amide bonds. The molecular weight excluding hydrogens is 148 g/mol. The Labute approximate surface area is 73.9 Å². The largest absolute Gasteiger partial charge is 0.250 e. The quantitative estimate of drug-likeness (QED) is 0.392. The Hall–Kier alpha value is -1.05. The number of nitrogens with zero attached hydrogens (tertiary/aromatic N) is 1. The lowest BCUT2D eigenvalue weighted by molar-refractivity contribution is -0.719.